The van der Waals surface area contributed by atoms with Gasteiger partial charge in [-0.3, -0.25) is 9.59 Å². The number of nitrogens with zero attached hydrogens (tertiary/aromatic N) is 2. The summed E-state index contributed by atoms with van der Waals surface area (Å²) < 4.78 is 19.2. The Bertz CT molecular complexity index is 977. The van der Waals surface area contributed by atoms with Crippen LogP contribution in [-0.2, 0) is 9.59 Å². The standard InChI is InChI=1S/C24H28FN3O4/c1-4-12-32-20-10-8-18(9-11-20)26-22(29)14-21-23(30)28(19-7-5-6-17(25)13-19)24(31)27(21)15-16(2)3/h5-11,13,16,21H,4,12,14-15H2,1-3H3,(H,26,29)/t21-/m1/s1. The van der Waals surface area contributed by atoms with Crippen LogP contribution in [0.1, 0.15) is 33.6 Å². The van der Waals surface area contributed by atoms with Crippen LogP contribution in [0.25, 0.3) is 0 Å². The Labute approximate surface area is 187 Å². The maximum absolute atomic E-state index is 13.7. The van der Waals surface area contributed by atoms with Gasteiger partial charge in [-0.1, -0.05) is 26.8 Å². The van der Waals surface area contributed by atoms with Crippen LogP contribution < -0.4 is 15.0 Å². The van der Waals surface area contributed by atoms with Crippen LogP contribution in [-0.4, -0.2) is 41.9 Å². The van der Waals surface area contributed by atoms with E-state index in [-0.39, 0.29) is 18.0 Å². The Balaban J connectivity index is 1.74. The average Bonchev–Trinajstić information content (AvgIpc) is 2.96. The molecular formula is C24H28FN3O4. The highest BCUT2D eigenvalue weighted by Crippen LogP contribution is 2.28. The second-order valence-electron chi connectivity index (χ2n) is 8.12. The van der Waals surface area contributed by atoms with E-state index in [4.69, 9.17) is 4.74 Å². The van der Waals surface area contributed by atoms with Crippen molar-refractivity contribution in [3.8, 4) is 5.75 Å². The van der Waals surface area contributed by atoms with Crippen LogP contribution in [0.15, 0.2) is 48.5 Å². The maximum atomic E-state index is 13.7. The van der Waals surface area contributed by atoms with Gasteiger partial charge in [0.25, 0.3) is 5.91 Å². The number of imide groups is 1. The zero-order chi connectivity index (χ0) is 23.3. The lowest BCUT2D eigenvalue weighted by atomic mass is 10.1. The number of nitrogens with one attached hydrogen (secondary N) is 1. The van der Waals surface area contributed by atoms with Gasteiger partial charge in [-0.25, -0.2) is 14.1 Å². The number of amides is 4. The maximum Gasteiger partial charge on any atom is 0.332 e. The zero-order valence-electron chi connectivity index (χ0n) is 18.5. The Morgan fingerprint density at radius 2 is 1.88 bits per heavy atom. The number of hydrogen-bond donors (Lipinski definition) is 1. The molecule has 0 saturated carbocycles. The van der Waals surface area contributed by atoms with Crippen molar-refractivity contribution < 1.29 is 23.5 Å². The van der Waals surface area contributed by atoms with E-state index >= 15 is 0 Å². The molecule has 4 amide bonds. The van der Waals surface area contributed by atoms with E-state index in [0.717, 1.165) is 17.4 Å². The Morgan fingerprint density at radius 3 is 2.50 bits per heavy atom. The monoisotopic (exact) mass is 441 g/mol. The molecule has 170 valence electrons. The number of hydrogen-bond acceptors (Lipinski definition) is 4. The van der Waals surface area contributed by atoms with Crippen LogP contribution in [0.5, 0.6) is 5.75 Å². The van der Waals surface area contributed by atoms with Gasteiger partial charge in [0.15, 0.2) is 0 Å². The van der Waals surface area contributed by atoms with Crippen LogP contribution in [0, 0.1) is 11.7 Å². The predicted molar refractivity (Wildman–Crippen MR) is 120 cm³/mol. The second kappa shape index (κ2) is 10.3. The van der Waals surface area contributed by atoms with Crippen molar-refractivity contribution in [2.75, 3.05) is 23.4 Å². The first kappa shape index (κ1) is 23.2. The van der Waals surface area contributed by atoms with Gasteiger partial charge in [0.05, 0.1) is 18.7 Å². The Kier molecular flexibility index (Phi) is 7.45. The third-order valence-corrected chi connectivity index (χ3v) is 4.94. The first-order valence-corrected chi connectivity index (χ1v) is 10.7. The van der Waals surface area contributed by atoms with Crippen LogP contribution in [0.4, 0.5) is 20.6 Å². The smallest absolute Gasteiger partial charge is 0.332 e. The number of halogens is 1. The molecule has 0 aromatic heterocycles. The van der Waals surface area contributed by atoms with Gasteiger partial charge >= 0.3 is 6.03 Å². The molecule has 1 saturated heterocycles. The largest absolute Gasteiger partial charge is 0.494 e. The minimum Gasteiger partial charge on any atom is -0.494 e. The first-order chi connectivity index (χ1) is 15.3. The van der Waals surface area contributed by atoms with E-state index in [9.17, 15) is 18.8 Å². The van der Waals surface area contributed by atoms with Gasteiger partial charge < -0.3 is 15.0 Å². The minimum atomic E-state index is -0.958. The van der Waals surface area contributed by atoms with Gasteiger partial charge in [0.2, 0.25) is 5.91 Å². The molecule has 2 aromatic carbocycles. The van der Waals surface area contributed by atoms with Crippen molar-refractivity contribution in [3.05, 3.63) is 54.3 Å². The molecule has 8 heteroatoms. The third-order valence-electron chi connectivity index (χ3n) is 4.94. The summed E-state index contributed by atoms with van der Waals surface area (Å²) in [6.07, 6.45) is 0.698. The lowest BCUT2D eigenvalue weighted by Gasteiger charge is -2.23. The summed E-state index contributed by atoms with van der Waals surface area (Å²) in [5.41, 5.74) is 0.715. The fourth-order valence-electron chi connectivity index (χ4n) is 3.53. The fourth-order valence-corrected chi connectivity index (χ4v) is 3.53. The Morgan fingerprint density at radius 1 is 1.16 bits per heavy atom. The van der Waals surface area contributed by atoms with Gasteiger partial charge in [0, 0.05) is 12.2 Å². The predicted octanol–water partition coefficient (Wildman–Crippen LogP) is 4.44. The molecular weight excluding hydrogens is 413 g/mol. The van der Waals surface area contributed by atoms with Crippen LogP contribution in [0.3, 0.4) is 0 Å². The van der Waals surface area contributed by atoms with Crippen LogP contribution >= 0.6 is 0 Å². The van der Waals surface area contributed by atoms with Crippen molar-refractivity contribution in [1.82, 2.24) is 4.90 Å². The van der Waals surface area contributed by atoms with Crippen molar-refractivity contribution in [1.29, 1.82) is 0 Å². The molecule has 0 radical (unpaired) electrons. The van der Waals surface area contributed by atoms with Crippen molar-refractivity contribution in [3.63, 3.8) is 0 Å². The lowest BCUT2D eigenvalue weighted by Crippen LogP contribution is -2.40. The van der Waals surface area contributed by atoms with Crippen molar-refractivity contribution in [2.45, 2.75) is 39.7 Å². The molecule has 1 fully saturated rings. The SMILES string of the molecule is CCCOc1ccc(NC(=O)C[C@@H]2C(=O)N(c3cccc(F)c3)C(=O)N2CC(C)C)cc1. The first-order valence-electron chi connectivity index (χ1n) is 10.7. The van der Waals surface area contributed by atoms with Crippen molar-refractivity contribution >= 4 is 29.2 Å². The Hall–Kier alpha value is -3.42. The molecule has 1 aliphatic rings. The molecule has 3 rings (SSSR count). The number of anilines is 2. The van der Waals surface area contributed by atoms with E-state index in [1.165, 1.54) is 23.1 Å². The van der Waals surface area contributed by atoms with Gasteiger partial charge in [-0.05, 0) is 54.8 Å². The highest BCUT2D eigenvalue weighted by Gasteiger charge is 2.46. The summed E-state index contributed by atoms with van der Waals surface area (Å²) in [6.45, 7) is 6.76. The quantitative estimate of drug-likeness (QED) is 0.584. The molecule has 32 heavy (non-hydrogen) atoms. The molecule has 1 N–H and O–H groups in total. The van der Waals surface area contributed by atoms with E-state index in [1.54, 1.807) is 24.3 Å². The number of carbonyl (C=O) groups excluding carboxylic acids is 3. The zero-order valence-corrected chi connectivity index (χ0v) is 18.5. The van der Waals surface area contributed by atoms with E-state index < -0.39 is 29.7 Å². The van der Waals surface area contributed by atoms with E-state index in [0.29, 0.717) is 24.6 Å². The second-order valence-corrected chi connectivity index (χ2v) is 8.12. The summed E-state index contributed by atoms with van der Waals surface area (Å²) in [5.74, 6) is -0.699. The normalized spacial score (nSPS) is 16.1. The topological polar surface area (TPSA) is 79.0 Å². The fraction of sp³-hybridized carbons (Fsp3) is 0.375. The molecule has 0 bridgehead atoms. The summed E-state index contributed by atoms with van der Waals surface area (Å²) >= 11 is 0. The summed E-state index contributed by atoms with van der Waals surface area (Å²) in [7, 11) is 0. The van der Waals surface area contributed by atoms with Crippen LogP contribution in [0.2, 0.25) is 0 Å². The minimum absolute atomic E-state index is 0.0837. The number of carbonyl (C=O) groups is 3. The van der Waals surface area contributed by atoms with Gasteiger partial charge in [-0.2, -0.15) is 0 Å². The third kappa shape index (κ3) is 5.43. The van der Waals surface area contributed by atoms with Gasteiger partial charge in [-0.15, -0.1) is 0 Å². The number of benzene rings is 2. The van der Waals surface area contributed by atoms with Crippen molar-refractivity contribution in [2.24, 2.45) is 5.92 Å². The molecule has 1 atom stereocenters. The van der Waals surface area contributed by atoms with E-state index in [1.807, 2.05) is 20.8 Å². The average molecular weight is 442 g/mol. The molecule has 0 aliphatic carbocycles. The highest BCUT2D eigenvalue weighted by molar-refractivity contribution is 6.22. The highest BCUT2D eigenvalue weighted by atomic mass is 19.1. The summed E-state index contributed by atoms with van der Waals surface area (Å²) in [6, 6.07) is 10.7. The molecule has 7 nitrogen and oxygen atoms in total. The molecule has 2 aromatic rings. The number of rotatable bonds is 9. The molecule has 0 spiro atoms. The molecule has 0 unspecified atom stereocenters. The molecule has 1 heterocycles. The summed E-state index contributed by atoms with van der Waals surface area (Å²) in [4.78, 5) is 41.1. The number of ether oxygens (including phenoxy) is 1. The summed E-state index contributed by atoms with van der Waals surface area (Å²) in [5, 5.41) is 2.76. The van der Waals surface area contributed by atoms with Gasteiger partial charge in [0.1, 0.15) is 17.6 Å². The van der Waals surface area contributed by atoms with E-state index in [2.05, 4.69) is 5.32 Å². The lowest BCUT2D eigenvalue weighted by molar-refractivity contribution is -0.124. The number of urea groups is 1. The molecule has 1 aliphatic heterocycles.